The van der Waals surface area contributed by atoms with Gasteiger partial charge in [-0.3, -0.25) is 4.99 Å². The Hall–Kier alpha value is -0.710. The Balaban J connectivity index is 4.51. The van der Waals surface area contributed by atoms with Crippen LogP contribution in [0.25, 0.3) is 0 Å². The monoisotopic (exact) mass is 283 g/mol. The van der Waals surface area contributed by atoms with Crippen molar-refractivity contribution in [2.75, 3.05) is 12.4 Å². The van der Waals surface area contributed by atoms with Gasteiger partial charge in [-0.2, -0.15) is 12.6 Å². The molecule has 0 aliphatic heterocycles. The number of hydrogen-bond donors (Lipinski definition) is 7. The maximum atomic E-state index is 10.6. The van der Waals surface area contributed by atoms with Gasteiger partial charge in [0.15, 0.2) is 6.04 Å². The summed E-state index contributed by atoms with van der Waals surface area (Å²) in [6.07, 6.45) is -6.14. The topological polar surface area (TPSA) is 151 Å². The fourth-order valence-electron chi connectivity index (χ4n) is 1.01. The maximum absolute atomic E-state index is 10.6. The second kappa shape index (κ2) is 8.40. The second-order valence-corrected chi connectivity index (χ2v) is 3.92. The molecule has 0 aromatic heterocycles. The first kappa shape index (κ1) is 17.3. The maximum Gasteiger partial charge on any atom is 0.329 e. The van der Waals surface area contributed by atoms with Gasteiger partial charge in [-0.05, 0) is 0 Å². The molecule has 5 unspecified atom stereocenters. The van der Waals surface area contributed by atoms with Crippen molar-refractivity contribution in [2.45, 2.75) is 30.5 Å². The lowest BCUT2D eigenvalue weighted by Gasteiger charge is -2.23. The Morgan fingerprint density at radius 3 is 2.17 bits per heavy atom. The van der Waals surface area contributed by atoms with Crippen LogP contribution in [0.3, 0.4) is 0 Å². The van der Waals surface area contributed by atoms with Gasteiger partial charge in [0, 0.05) is 12.0 Å². The van der Waals surface area contributed by atoms with Crippen LogP contribution >= 0.6 is 12.6 Å². The zero-order valence-electron chi connectivity index (χ0n) is 9.36. The molecule has 0 aliphatic rings. The van der Waals surface area contributed by atoms with E-state index >= 15 is 0 Å². The minimum absolute atomic E-state index is 0.101. The summed E-state index contributed by atoms with van der Waals surface area (Å²) in [5.41, 5.74) is 0. The van der Waals surface area contributed by atoms with Crippen molar-refractivity contribution in [1.29, 1.82) is 0 Å². The van der Waals surface area contributed by atoms with E-state index in [2.05, 4.69) is 17.6 Å². The number of thiol groups is 1. The highest BCUT2D eigenvalue weighted by atomic mass is 32.1. The molecule has 0 radical (unpaired) electrons. The number of hydrogen-bond acceptors (Lipinski definition) is 8. The average Bonchev–Trinajstić information content (AvgIpc) is 2.35. The molecule has 0 heterocycles. The molecule has 0 aromatic rings. The largest absolute Gasteiger partial charge is 0.480 e. The molecule has 0 aromatic carbocycles. The van der Waals surface area contributed by atoms with Crippen molar-refractivity contribution < 1.29 is 35.4 Å². The van der Waals surface area contributed by atoms with Gasteiger partial charge in [0.25, 0.3) is 0 Å². The zero-order chi connectivity index (χ0) is 14.3. The molecular formula is C9H17NO7S. The number of carboxylic acid groups (broad SMARTS) is 1. The zero-order valence-corrected chi connectivity index (χ0v) is 10.3. The minimum Gasteiger partial charge on any atom is -0.480 e. The fourth-order valence-corrected chi connectivity index (χ4v) is 1.26. The number of carbonyl (C=O) groups is 1. The first-order valence-electron chi connectivity index (χ1n) is 5.05. The highest BCUT2D eigenvalue weighted by Gasteiger charge is 2.29. The molecule has 106 valence electrons. The molecular weight excluding hydrogens is 266 g/mol. The molecule has 9 heteroatoms. The van der Waals surface area contributed by atoms with Gasteiger partial charge in [0.2, 0.25) is 0 Å². The minimum atomic E-state index is -1.80. The molecule has 0 amide bonds. The number of aliphatic imine (C=N–C) groups is 1. The summed E-state index contributed by atoms with van der Waals surface area (Å²) in [6, 6.07) is -1.19. The van der Waals surface area contributed by atoms with Gasteiger partial charge in [-0.25, -0.2) is 4.79 Å². The molecule has 0 rings (SSSR count). The fraction of sp³-hybridized carbons (Fsp3) is 0.778. The SMILES string of the molecule is O=C(O)C(CS)N=CC(O)C(O)C(O)C(O)CO. The van der Waals surface area contributed by atoms with Gasteiger partial charge in [0.1, 0.15) is 24.4 Å². The Kier molecular flexibility index (Phi) is 8.07. The third-order valence-electron chi connectivity index (χ3n) is 2.16. The highest BCUT2D eigenvalue weighted by molar-refractivity contribution is 7.80. The molecule has 0 bridgehead atoms. The van der Waals surface area contributed by atoms with E-state index in [1.807, 2.05) is 0 Å². The number of carboxylic acids is 1. The van der Waals surface area contributed by atoms with Crippen molar-refractivity contribution >= 4 is 24.8 Å². The summed E-state index contributed by atoms with van der Waals surface area (Å²) in [6.45, 7) is -0.795. The van der Waals surface area contributed by atoms with E-state index in [-0.39, 0.29) is 5.75 Å². The first-order valence-corrected chi connectivity index (χ1v) is 5.68. The molecule has 0 saturated heterocycles. The van der Waals surface area contributed by atoms with Crippen LogP contribution in [0.4, 0.5) is 0 Å². The van der Waals surface area contributed by atoms with Crippen molar-refractivity contribution in [3.8, 4) is 0 Å². The van der Waals surface area contributed by atoms with E-state index in [0.717, 1.165) is 6.21 Å². The Morgan fingerprint density at radius 1 is 1.22 bits per heavy atom. The predicted octanol–water partition coefficient (Wildman–Crippen LogP) is -3.12. The van der Waals surface area contributed by atoms with Gasteiger partial charge >= 0.3 is 5.97 Å². The summed E-state index contributed by atoms with van der Waals surface area (Å²) in [4.78, 5) is 14.0. The highest BCUT2D eigenvalue weighted by Crippen LogP contribution is 2.04. The van der Waals surface area contributed by atoms with Gasteiger partial charge in [-0.15, -0.1) is 0 Å². The van der Waals surface area contributed by atoms with Crippen molar-refractivity contribution in [3.63, 3.8) is 0 Å². The lowest BCUT2D eigenvalue weighted by molar-refractivity contribution is -0.137. The molecule has 0 aliphatic carbocycles. The summed E-state index contributed by atoms with van der Waals surface area (Å²) >= 11 is 3.74. The summed E-state index contributed by atoms with van der Waals surface area (Å²) in [7, 11) is 0. The molecule has 0 fully saturated rings. The Morgan fingerprint density at radius 2 is 1.78 bits per heavy atom. The molecule has 6 N–H and O–H groups in total. The smallest absolute Gasteiger partial charge is 0.329 e. The third kappa shape index (κ3) is 5.29. The second-order valence-electron chi connectivity index (χ2n) is 3.56. The number of aliphatic hydroxyl groups excluding tert-OH is 5. The van der Waals surface area contributed by atoms with Crippen LogP contribution in [0.2, 0.25) is 0 Å². The molecule has 5 atom stereocenters. The molecule has 0 saturated carbocycles. The summed E-state index contributed by atoms with van der Waals surface area (Å²) < 4.78 is 0. The number of rotatable bonds is 8. The van der Waals surface area contributed by atoms with Crippen LogP contribution in [-0.2, 0) is 4.79 Å². The normalized spacial score (nSPS) is 20.3. The third-order valence-corrected chi connectivity index (χ3v) is 2.50. The van der Waals surface area contributed by atoms with Crippen LogP contribution in [0, 0.1) is 0 Å². The Labute approximate surface area is 109 Å². The van der Waals surface area contributed by atoms with Crippen molar-refractivity contribution in [2.24, 2.45) is 4.99 Å². The molecule has 8 nitrogen and oxygen atoms in total. The quantitative estimate of drug-likeness (QED) is 0.184. The van der Waals surface area contributed by atoms with Crippen LogP contribution in [0.15, 0.2) is 4.99 Å². The van der Waals surface area contributed by atoms with Crippen LogP contribution in [0.1, 0.15) is 0 Å². The van der Waals surface area contributed by atoms with Gasteiger partial charge in [0.05, 0.1) is 6.61 Å². The summed E-state index contributed by atoms with van der Waals surface area (Å²) in [5, 5.41) is 54.3. The van der Waals surface area contributed by atoms with Crippen molar-refractivity contribution in [1.82, 2.24) is 0 Å². The lowest BCUT2D eigenvalue weighted by Crippen LogP contribution is -2.46. The number of nitrogens with zero attached hydrogens (tertiary/aromatic N) is 1. The van der Waals surface area contributed by atoms with E-state index in [4.69, 9.17) is 15.3 Å². The summed E-state index contributed by atoms with van der Waals surface area (Å²) in [5.74, 6) is -1.35. The average molecular weight is 283 g/mol. The standard InChI is InChI=1S/C9H17NO7S/c11-2-6(13)8(15)7(14)5(12)1-10-4(3-18)9(16)17/h1,4-8,11-15,18H,2-3H2,(H,16,17). The van der Waals surface area contributed by atoms with Crippen molar-refractivity contribution in [3.05, 3.63) is 0 Å². The first-order chi connectivity index (χ1) is 8.34. The van der Waals surface area contributed by atoms with E-state index < -0.39 is 43.0 Å². The van der Waals surface area contributed by atoms with Crippen LogP contribution in [-0.4, -0.2) is 85.6 Å². The number of aliphatic carboxylic acids is 1. The van der Waals surface area contributed by atoms with E-state index in [0.29, 0.717) is 0 Å². The number of aliphatic hydroxyl groups is 5. The van der Waals surface area contributed by atoms with E-state index in [1.54, 1.807) is 0 Å². The van der Waals surface area contributed by atoms with Crippen LogP contribution in [0.5, 0.6) is 0 Å². The predicted molar refractivity (Wildman–Crippen MR) is 64.9 cm³/mol. The lowest BCUT2D eigenvalue weighted by atomic mass is 10.0. The van der Waals surface area contributed by atoms with Gasteiger partial charge < -0.3 is 30.6 Å². The van der Waals surface area contributed by atoms with E-state index in [1.165, 1.54) is 0 Å². The van der Waals surface area contributed by atoms with Gasteiger partial charge in [-0.1, -0.05) is 0 Å². The molecule has 18 heavy (non-hydrogen) atoms. The Bertz CT molecular complexity index is 288. The van der Waals surface area contributed by atoms with E-state index in [9.17, 15) is 20.1 Å². The molecule has 0 spiro atoms. The van der Waals surface area contributed by atoms with Crippen LogP contribution < -0.4 is 0 Å².